The molecule has 0 aliphatic heterocycles. The van der Waals surface area contributed by atoms with Crippen LogP contribution in [0.4, 0.5) is 4.39 Å². The van der Waals surface area contributed by atoms with Gasteiger partial charge in [-0.05, 0) is 50.2 Å². The maximum Gasteiger partial charge on any atom is 0.237 e. The third-order valence-electron chi connectivity index (χ3n) is 3.03. The number of carbonyl (C=O) groups excluding carboxylic acids is 1. The van der Waals surface area contributed by atoms with Crippen LogP contribution in [0, 0.1) is 5.82 Å². The lowest BCUT2D eigenvalue weighted by atomic mass is 10.1. The fourth-order valence-electron chi connectivity index (χ4n) is 1.90. The highest BCUT2D eigenvalue weighted by molar-refractivity contribution is 7.98. The van der Waals surface area contributed by atoms with Gasteiger partial charge in [-0.25, -0.2) is 4.39 Å². The largest absolute Gasteiger partial charge is 0.351 e. The molecule has 0 saturated heterocycles. The number of benzene rings is 1. The molecule has 0 fully saturated rings. The van der Waals surface area contributed by atoms with Crippen LogP contribution in [0.5, 0.6) is 0 Å². The number of hydrogen-bond acceptors (Lipinski definition) is 4. The Labute approximate surface area is 130 Å². The van der Waals surface area contributed by atoms with Crippen molar-refractivity contribution in [3.8, 4) is 0 Å². The topological polar surface area (TPSA) is 58.4 Å². The fourth-order valence-corrected chi connectivity index (χ4v) is 2.39. The molecule has 0 aliphatic rings. The fraction of sp³-hybridized carbons (Fsp3) is 0.533. The number of nitrogens with zero attached hydrogens (tertiary/aromatic N) is 1. The first-order valence-electron chi connectivity index (χ1n) is 6.88. The number of halogens is 1. The number of nitrogens with one attached hydrogen (secondary N) is 1. The molecule has 0 bridgehead atoms. The van der Waals surface area contributed by atoms with Gasteiger partial charge in [0.15, 0.2) is 0 Å². The minimum Gasteiger partial charge on any atom is -0.351 e. The van der Waals surface area contributed by atoms with E-state index in [0.29, 0.717) is 25.1 Å². The van der Waals surface area contributed by atoms with Gasteiger partial charge in [0, 0.05) is 18.7 Å². The Balaban J connectivity index is 2.57. The molecule has 1 aromatic rings. The Morgan fingerprint density at radius 1 is 1.48 bits per heavy atom. The zero-order valence-corrected chi connectivity index (χ0v) is 13.7. The minimum atomic E-state index is -0.487. The molecule has 1 aromatic carbocycles. The van der Waals surface area contributed by atoms with E-state index >= 15 is 0 Å². The van der Waals surface area contributed by atoms with E-state index in [1.54, 1.807) is 23.9 Å². The van der Waals surface area contributed by atoms with Gasteiger partial charge in [0.25, 0.3) is 0 Å². The van der Waals surface area contributed by atoms with Gasteiger partial charge in [-0.3, -0.25) is 4.79 Å². The van der Waals surface area contributed by atoms with Crippen LogP contribution in [0.15, 0.2) is 18.2 Å². The monoisotopic (exact) mass is 313 g/mol. The minimum absolute atomic E-state index is 0.164. The first-order valence-corrected chi connectivity index (χ1v) is 8.27. The summed E-state index contributed by atoms with van der Waals surface area (Å²) in [7, 11) is 3.78. The van der Waals surface area contributed by atoms with Gasteiger partial charge >= 0.3 is 0 Å². The molecule has 4 nitrogen and oxygen atoms in total. The third kappa shape index (κ3) is 6.46. The highest BCUT2D eigenvalue weighted by Gasteiger charge is 2.12. The second-order valence-electron chi connectivity index (χ2n) is 5.27. The van der Waals surface area contributed by atoms with E-state index < -0.39 is 6.04 Å². The summed E-state index contributed by atoms with van der Waals surface area (Å²) < 4.78 is 13.7. The zero-order chi connectivity index (χ0) is 15.8. The number of thioether (sulfide) groups is 1. The van der Waals surface area contributed by atoms with Crippen molar-refractivity contribution in [1.82, 2.24) is 10.2 Å². The van der Waals surface area contributed by atoms with Crippen LogP contribution in [0.3, 0.4) is 0 Å². The summed E-state index contributed by atoms with van der Waals surface area (Å²) in [6, 6.07) is 4.42. The Hall–Kier alpha value is -1.11. The quantitative estimate of drug-likeness (QED) is 0.765. The van der Waals surface area contributed by atoms with Crippen molar-refractivity contribution in [1.29, 1.82) is 0 Å². The molecule has 3 N–H and O–H groups in total. The van der Waals surface area contributed by atoms with Gasteiger partial charge in [0.1, 0.15) is 5.82 Å². The van der Waals surface area contributed by atoms with Gasteiger partial charge in [-0.1, -0.05) is 6.07 Å². The molecule has 0 heterocycles. The smallest absolute Gasteiger partial charge is 0.237 e. The lowest BCUT2D eigenvalue weighted by Gasteiger charge is -2.14. The first-order chi connectivity index (χ1) is 9.93. The van der Waals surface area contributed by atoms with Crippen LogP contribution in [0.1, 0.15) is 17.5 Å². The normalized spacial score (nSPS) is 12.5. The van der Waals surface area contributed by atoms with Crippen LogP contribution in [-0.4, -0.2) is 43.0 Å². The molecule has 0 unspecified atom stereocenters. The SMILES string of the molecule is CSCC[C@H](N)C(=O)NCc1ccc(F)c(CN(C)C)c1. The maximum atomic E-state index is 13.7. The number of rotatable bonds is 8. The van der Waals surface area contributed by atoms with E-state index in [2.05, 4.69) is 5.32 Å². The van der Waals surface area contributed by atoms with Crippen molar-refractivity contribution in [2.24, 2.45) is 5.73 Å². The molecule has 0 spiro atoms. The van der Waals surface area contributed by atoms with Crippen LogP contribution in [-0.2, 0) is 17.9 Å². The predicted octanol–water partition coefficient (Wildman–Crippen LogP) is 1.58. The van der Waals surface area contributed by atoms with Gasteiger partial charge < -0.3 is 16.0 Å². The maximum absolute atomic E-state index is 13.7. The van der Waals surface area contributed by atoms with Gasteiger partial charge in [-0.2, -0.15) is 11.8 Å². The zero-order valence-electron chi connectivity index (χ0n) is 12.9. The third-order valence-corrected chi connectivity index (χ3v) is 3.68. The second kappa shape index (κ2) is 9.02. The average Bonchev–Trinajstić information content (AvgIpc) is 2.44. The number of hydrogen-bond donors (Lipinski definition) is 2. The highest BCUT2D eigenvalue weighted by Crippen LogP contribution is 2.12. The lowest BCUT2D eigenvalue weighted by molar-refractivity contribution is -0.122. The lowest BCUT2D eigenvalue weighted by Crippen LogP contribution is -2.40. The molecule has 21 heavy (non-hydrogen) atoms. The second-order valence-corrected chi connectivity index (χ2v) is 6.25. The van der Waals surface area contributed by atoms with E-state index in [1.807, 2.05) is 25.3 Å². The van der Waals surface area contributed by atoms with Crippen LogP contribution in [0.25, 0.3) is 0 Å². The van der Waals surface area contributed by atoms with E-state index in [4.69, 9.17) is 5.73 Å². The van der Waals surface area contributed by atoms with Gasteiger partial charge in [-0.15, -0.1) is 0 Å². The number of nitrogens with two attached hydrogens (primary N) is 1. The average molecular weight is 313 g/mol. The first kappa shape index (κ1) is 17.9. The summed E-state index contributed by atoms with van der Waals surface area (Å²) in [6.45, 7) is 0.896. The van der Waals surface area contributed by atoms with Crippen LogP contribution >= 0.6 is 11.8 Å². The van der Waals surface area contributed by atoms with E-state index in [-0.39, 0.29) is 11.7 Å². The molecule has 118 valence electrons. The van der Waals surface area contributed by atoms with Crippen molar-refractivity contribution >= 4 is 17.7 Å². The molecule has 0 saturated carbocycles. The van der Waals surface area contributed by atoms with Crippen molar-refractivity contribution in [3.63, 3.8) is 0 Å². The predicted molar refractivity (Wildman–Crippen MR) is 86.6 cm³/mol. The molecule has 0 aliphatic carbocycles. The Morgan fingerprint density at radius 2 is 2.19 bits per heavy atom. The Morgan fingerprint density at radius 3 is 2.81 bits per heavy atom. The Bertz CT molecular complexity index is 468. The number of carbonyl (C=O) groups is 1. The van der Waals surface area contributed by atoms with Crippen molar-refractivity contribution in [2.45, 2.75) is 25.6 Å². The highest BCUT2D eigenvalue weighted by atomic mass is 32.2. The standard InChI is InChI=1S/C15H24FN3OS/c1-19(2)10-12-8-11(4-5-13(12)16)9-18-15(20)14(17)6-7-21-3/h4-5,8,14H,6-7,9-10,17H2,1-3H3,(H,18,20)/t14-/m0/s1. The summed E-state index contributed by atoms with van der Waals surface area (Å²) in [5, 5.41) is 2.80. The summed E-state index contributed by atoms with van der Waals surface area (Å²) in [4.78, 5) is 13.7. The molecule has 0 aromatic heterocycles. The molecule has 1 atom stereocenters. The summed E-state index contributed by atoms with van der Waals surface area (Å²) in [5.74, 6) is 0.468. The summed E-state index contributed by atoms with van der Waals surface area (Å²) in [6.07, 6.45) is 2.64. The number of amides is 1. The molecule has 0 radical (unpaired) electrons. The van der Waals surface area contributed by atoms with Crippen molar-refractivity contribution < 1.29 is 9.18 Å². The summed E-state index contributed by atoms with van der Waals surface area (Å²) >= 11 is 1.66. The van der Waals surface area contributed by atoms with Gasteiger partial charge in [0.05, 0.1) is 6.04 Å². The summed E-state index contributed by atoms with van der Waals surface area (Å²) in [5.41, 5.74) is 7.29. The molecule has 1 amide bonds. The van der Waals surface area contributed by atoms with Crippen molar-refractivity contribution in [2.75, 3.05) is 26.1 Å². The van der Waals surface area contributed by atoms with Crippen LogP contribution < -0.4 is 11.1 Å². The molecule has 6 heteroatoms. The molecular formula is C15H24FN3OS. The van der Waals surface area contributed by atoms with E-state index in [1.165, 1.54) is 6.07 Å². The molecule has 1 rings (SSSR count). The molecular weight excluding hydrogens is 289 g/mol. The van der Waals surface area contributed by atoms with E-state index in [9.17, 15) is 9.18 Å². The van der Waals surface area contributed by atoms with Crippen LogP contribution in [0.2, 0.25) is 0 Å². The van der Waals surface area contributed by atoms with E-state index in [0.717, 1.165) is 11.3 Å². The Kier molecular flexibility index (Phi) is 7.71. The van der Waals surface area contributed by atoms with Crippen molar-refractivity contribution in [3.05, 3.63) is 35.1 Å². The van der Waals surface area contributed by atoms with Gasteiger partial charge in [0.2, 0.25) is 5.91 Å².